The molecule has 0 unspecified atom stereocenters. The molecule has 2 rings (SSSR count). The number of nitrogens with one attached hydrogen (secondary N) is 1. The van der Waals surface area contributed by atoms with Crippen LogP contribution in [0.15, 0.2) is 30.6 Å². The molecule has 1 aromatic heterocycles. The van der Waals surface area contributed by atoms with Crippen molar-refractivity contribution in [1.29, 1.82) is 0 Å². The Bertz CT molecular complexity index is 620. The van der Waals surface area contributed by atoms with E-state index in [0.29, 0.717) is 28.8 Å². The summed E-state index contributed by atoms with van der Waals surface area (Å²) in [5.41, 5.74) is 1.74. The number of hydrogen-bond acceptors (Lipinski definition) is 5. The van der Waals surface area contributed by atoms with Gasteiger partial charge in [0.1, 0.15) is 5.75 Å². The van der Waals surface area contributed by atoms with E-state index in [1.54, 1.807) is 39.8 Å². The van der Waals surface area contributed by atoms with Crippen molar-refractivity contribution in [2.24, 2.45) is 0 Å². The van der Waals surface area contributed by atoms with Crippen LogP contribution in [0.3, 0.4) is 0 Å². The zero-order valence-corrected chi connectivity index (χ0v) is 12.9. The zero-order chi connectivity index (χ0) is 15.2. The van der Waals surface area contributed by atoms with Gasteiger partial charge in [0.25, 0.3) is 0 Å². The molecule has 0 atom stereocenters. The molecule has 0 spiro atoms. The molecule has 1 N–H and O–H groups in total. The van der Waals surface area contributed by atoms with Crippen LogP contribution in [0.1, 0.15) is 5.56 Å². The van der Waals surface area contributed by atoms with E-state index < -0.39 is 0 Å². The fourth-order valence-corrected chi connectivity index (χ4v) is 2.13. The summed E-state index contributed by atoms with van der Waals surface area (Å²) >= 11 is 6.07. The van der Waals surface area contributed by atoms with Gasteiger partial charge in [-0.1, -0.05) is 11.6 Å². The minimum absolute atomic E-state index is 0.535. The molecule has 0 amide bonds. The second kappa shape index (κ2) is 7.04. The number of nitrogens with zero attached hydrogens (tertiary/aromatic N) is 1. The van der Waals surface area contributed by atoms with Crippen molar-refractivity contribution in [3.63, 3.8) is 0 Å². The van der Waals surface area contributed by atoms with Crippen molar-refractivity contribution in [1.82, 2.24) is 4.98 Å². The van der Waals surface area contributed by atoms with Crippen molar-refractivity contribution >= 4 is 17.3 Å². The Balaban J connectivity index is 2.25. The third kappa shape index (κ3) is 3.49. The molecule has 1 heterocycles. The van der Waals surface area contributed by atoms with Crippen LogP contribution < -0.4 is 19.5 Å². The van der Waals surface area contributed by atoms with Gasteiger partial charge in [-0.05, 0) is 12.1 Å². The van der Waals surface area contributed by atoms with Gasteiger partial charge < -0.3 is 19.5 Å². The maximum Gasteiger partial charge on any atom is 0.164 e. The van der Waals surface area contributed by atoms with Gasteiger partial charge in [-0.15, -0.1) is 0 Å². The number of anilines is 1. The average Bonchev–Trinajstić information content (AvgIpc) is 2.53. The fraction of sp³-hybridized carbons (Fsp3) is 0.267. The molecule has 1 aromatic carbocycles. The molecule has 2 aromatic rings. The van der Waals surface area contributed by atoms with E-state index in [-0.39, 0.29) is 0 Å². The predicted octanol–water partition coefficient (Wildman–Crippen LogP) is 3.37. The lowest BCUT2D eigenvalue weighted by Crippen LogP contribution is -2.03. The normalized spacial score (nSPS) is 10.1. The number of benzene rings is 1. The first-order chi connectivity index (χ1) is 10.2. The van der Waals surface area contributed by atoms with E-state index in [2.05, 4.69) is 10.3 Å². The van der Waals surface area contributed by atoms with Gasteiger partial charge in [0.15, 0.2) is 11.5 Å². The Hall–Kier alpha value is -2.14. The molecule has 0 saturated heterocycles. The topological polar surface area (TPSA) is 52.6 Å². The first-order valence-corrected chi connectivity index (χ1v) is 6.69. The Labute approximate surface area is 128 Å². The highest BCUT2D eigenvalue weighted by atomic mass is 35.5. The second-order valence-electron chi connectivity index (χ2n) is 4.23. The van der Waals surface area contributed by atoms with Crippen molar-refractivity contribution in [2.75, 3.05) is 26.6 Å². The Kier molecular flexibility index (Phi) is 5.11. The van der Waals surface area contributed by atoms with E-state index >= 15 is 0 Å². The quantitative estimate of drug-likeness (QED) is 0.886. The van der Waals surface area contributed by atoms with Crippen LogP contribution in [0.5, 0.6) is 17.2 Å². The van der Waals surface area contributed by atoms with Gasteiger partial charge >= 0.3 is 0 Å². The number of halogens is 1. The molecule has 0 saturated carbocycles. The Morgan fingerprint density at radius 1 is 1.05 bits per heavy atom. The third-order valence-electron chi connectivity index (χ3n) is 3.03. The van der Waals surface area contributed by atoms with Gasteiger partial charge in [0, 0.05) is 30.6 Å². The number of rotatable bonds is 6. The zero-order valence-electron chi connectivity index (χ0n) is 12.1. The molecule has 0 radical (unpaired) electrons. The van der Waals surface area contributed by atoms with Crippen molar-refractivity contribution < 1.29 is 14.2 Å². The van der Waals surface area contributed by atoms with Gasteiger partial charge in [-0.3, -0.25) is 4.98 Å². The van der Waals surface area contributed by atoms with E-state index in [1.165, 1.54) is 0 Å². The minimum atomic E-state index is 0.535. The first kappa shape index (κ1) is 15.3. The largest absolute Gasteiger partial charge is 0.496 e. The Morgan fingerprint density at radius 2 is 1.71 bits per heavy atom. The third-order valence-corrected chi connectivity index (χ3v) is 3.33. The monoisotopic (exact) mass is 308 g/mol. The molecule has 0 bridgehead atoms. The maximum atomic E-state index is 6.07. The smallest absolute Gasteiger partial charge is 0.164 e. The second-order valence-corrected chi connectivity index (χ2v) is 4.64. The van der Waals surface area contributed by atoms with Crippen molar-refractivity contribution in [2.45, 2.75) is 6.54 Å². The highest BCUT2D eigenvalue weighted by molar-refractivity contribution is 6.33. The van der Waals surface area contributed by atoms with Crippen LogP contribution in [-0.4, -0.2) is 26.3 Å². The summed E-state index contributed by atoms with van der Waals surface area (Å²) in [4.78, 5) is 3.95. The molecule has 0 aliphatic heterocycles. The van der Waals surface area contributed by atoms with Crippen LogP contribution in [0.2, 0.25) is 5.02 Å². The lowest BCUT2D eigenvalue weighted by Gasteiger charge is -2.15. The SMILES string of the molecule is COc1cc(OC)c(OC)cc1CNc1ccncc1Cl. The molecule has 0 fully saturated rings. The highest BCUT2D eigenvalue weighted by Crippen LogP contribution is 2.35. The molecule has 112 valence electrons. The number of hydrogen-bond donors (Lipinski definition) is 1. The lowest BCUT2D eigenvalue weighted by atomic mass is 10.1. The summed E-state index contributed by atoms with van der Waals surface area (Å²) in [5.74, 6) is 1.99. The van der Waals surface area contributed by atoms with E-state index in [1.807, 2.05) is 12.1 Å². The van der Waals surface area contributed by atoms with Gasteiger partial charge in [-0.2, -0.15) is 0 Å². The standard InChI is InChI=1S/C15H17ClN2O3/c1-19-13-7-15(21-3)14(20-2)6-10(13)8-18-12-4-5-17-9-11(12)16/h4-7,9H,8H2,1-3H3,(H,17,18). The summed E-state index contributed by atoms with van der Waals surface area (Å²) in [7, 11) is 4.80. The number of methoxy groups -OCH3 is 3. The molecule has 5 nitrogen and oxygen atoms in total. The predicted molar refractivity (Wildman–Crippen MR) is 82.7 cm³/mol. The van der Waals surface area contributed by atoms with Crippen molar-refractivity contribution in [3.8, 4) is 17.2 Å². The van der Waals surface area contributed by atoms with Gasteiger partial charge in [-0.25, -0.2) is 0 Å². The van der Waals surface area contributed by atoms with Crippen LogP contribution in [0.25, 0.3) is 0 Å². The molecule has 0 aliphatic carbocycles. The number of aromatic nitrogens is 1. The highest BCUT2D eigenvalue weighted by Gasteiger charge is 2.12. The lowest BCUT2D eigenvalue weighted by molar-refractivity contribution is 0.347. The molecule has 21 heavy (non-hydrogen) atoms. The van der Waals surface area contributed by atoms with Crippen LogP contribution in [0.4, 0.5) is 5.69 Å². The fourth-order valence-electron chi connectivity index (χ4n) is 1.94. The summed E-state index contributed by atoms with van der Waals surface area (Å²) in [6.45, 7) is 0.535. The first-order valence-electron chi connectivity index (χ1n) is 6.31. The molecule has 6 heteroatoms. The molecular formula is C15H17ClN2O3. The summed E-state index contributed by atoms with van der Waals surface area (Å²) in [6.07, 6.45) is 3.27. The van der Waals surface area contributed by atoms with Crippen LogP contribution >= 0.6 is 11.6 Å². The summed E-state index contributed by atoms with van der Waals surface area (Å²) in [5, 5.41) is 3.81. The average molecular weight is 309 g/mol. The van der Waals surface area contributed by atoms with Crippen LogP contribution in [-0.2, 0) is 6.54 Å². The van der Waals surface area contributed by atoms with Crippen LogP contribution in [0, 0.1) is 0 Å². The number of pyridine rings is 1. The number of ether oxygens (including phenoxy) is 3. The Morgan fingerprint density at radius 3 is 2.33 bits per heavy atom. The molecule has 0 aliphatic rings. The maximum absolute atomic E-state index is 6.07. The van der Waals surface area contributed by atoms with E-state index in [0.717, 1.165) is 11.3 Å². The van der Waals surface area contributed by atoms with Gasteiger partial charge in [0.05, 0.1) is 32.0 Å². The van der Waals surface area contributed by atoms with Crippen molar-refractivity contribution in [3.05, 3.63) is 41.2 Å². The minimum Gasteiger partial charge on any atom is -0.496 e. The summed E-state index contributed by atoms with van der Waals surface area (Å²) < 4.78 is 16.0. The summed E-state index contributed by atoms with van der Waals surface area (Å²) in [6, 6.07) is 5.49. The van der Waals surface area contributed by atoms with E-state index in [4.69, 9.17) is 25.8 Å². The van der Waals surface area contributed by atoms with E-state index in [9.17, 15) is 0 Å². The molecular weight excluding hydrogens is 292 g/mol. The van der Waals surface area contributed by atoms with Gasteiger partial charge in [0.2, 0.25) is 0 Å².